The zero-order valence-electron chi connectivity index (χ0n) is 13.2. The first-order valence-corrected chi connectivity index (χ1v) is 8.11. The maximum absolute atomic E-state index is 11.7. The summed E-state index contributed by atoms with van der Waals surface area (Å²) in [4.78, 5) is 18.1. The van der Waals surface area contributed by atoms with Gasteiger partial charge in [-0.3, -0.25) is 0 Å². The Morgan fingerprint density at radius 3 is 2.55 bits per heavy atom. The molecule has 2 rings (SSSR count). The third-order valence-corrected chi connectivity index (χ3v) is 4.07. The summed E-state index contributed by atoms with van der Waals surface area (Å²) in [5.41, 5.74) is 3.28. The Balaban J connectivity index is 1.68. The van der Waals surface area contributed by atoms with E-state index in [0.29, 0.717) is 13.1 Å². The average molecular weight is 318 g/mol. The summed E-state index contributed by atoms with van der Waals surface area (Å²) in [5.74, 6) is 0. The number of aromatic nitrogens is 1. The summed E-state index contributed by atoms with van der Waals surface area (Å²) < 4.78 is 0. The molecule has 6 heteroatoms. The summed E-state index contributed by atoms with van der Waals surface area (Å²) in [6.45, 7) is 3.03. The van der Waals surface area contributed by atoms with Crippen LogP contribution in [0.15, 0.2) is 29.6 Å². The van der Waals surface area contributed by atoms with Crippen molar-refractivity contribution in [3.8, 4) is 0 Å². The standard InChI is InChI=1S/C16H22N4OS/c1-12-19-14(11-22-12)10-18-16(21)17-9-8-13-4-6-15(7-5-13)20(2)3/h4-7,11H,8-10H2,1-3H3,(H2,17,18,21). The number of rotatable bonds is 6. The molecule has 0 bridgehead atoms. The van der Waals surface area contributed by atoms with E-state index < -0.39 is 0 Å². The second-order valence-electron chi connectivity index (χ2n) is 5.28. The molecule has 1 aromatic heterocycles. The smallest absolute Gasteiger partial charge is 0.315 e. The number of carbonyl (C=O) groups is 1. The van der Waals surface area contributed by atoms with Gasteiger partial charge in [-0.05, 0) is 31.0 Å². The first-order chi connectivity index (χ1) is 10.5. The molecule has 1 aromatic carbocycles. The van der Waals surface area contributed by atoms with Crippen molar-refractivity contribution in [1.29, 1.82) is 0 Å². The van der Waals surface area contributed by atoms with Crippen molar-refractivity contribution in [3.05, 3.63) is 45.9 Å². The van der Waals surface area contributed by atoms with E-state index in [1.54, 1.807) is 11.3 Å². The topological polar surface area (TPSA) is 57.3 Å². The lowest BCUT2D eigenvalue weighted by Crippen LogP contribution is -2.36. The van der Waals surface area contributed by atoms with Crippen LogP contribution in [-0.2, 0) is 13.0 Å². The highest BCUT2D eigenvalue weighted by Crippen LogP contribution is 2.12. The fourth-order valence-electron chi connectivity index (χ4n) is 2.00. The highest BCUT2D eigenvalue weighted by molar-refractivity contribution is 7.09. The van der Waals surface area contributed by atoms with E-state index in [1.165, 1.54) is 11.3 Å². The number of hydrogen-bond donors (Lipinski definition) is 2. The summed E-state index contributed by atoms with van der Waals surface area (Å²) in [6, 6.07) is 8.19. The van der Waals surface area contributed by atoms with E-state index in [4.69, 9.17) is 0 Å². The fourth-order valence-corrected chi connectivity index (χ4v) is 2.62. The van der Waals surface area contributed by atoms with Crippen LogP contribution < -0.4 is 15.5 Å². The SMILES string of the molecule is Cc1nc(CNC(=O)NCCc2ccc(N(C)C)cc2)cs1. The molecular formula is C16H22N4OS. The number of amides is 2. The molecule has 0 saturated heterocycles. The van der Waals surface area contributed by atoms with Gasteiger partial charge in [-0.2, -0.15) is 0 Å². The van der Waals surface area contributed by atoms with Crippen LogP contribution in [0.2, 0.25) is 0 Å². The first kappa shape index (κ1) is 16.3. The third-order valence-electron chi connectivity index (χ3n) is 3.25. The van der Waals surface area contributed by atoms with Crippen molar-refractivity contribution < 1.29 is 4.79 Å². The number of urea groups is 1. The second-order valence-corrected chi connectivity index (χ2v) is 6.34. The average Bonchev–Trinajstić information content (AvgIpc) is 2.91. The van der Waals surface area contributed by atoms with Crippen LogP contribution in [0.3, 0.4) is 0 Å². The Kier molecular flexibility index (Phi) is 5.77. The quantitative estimate of drug-likeness (QED) is 0.860. The van der Waals surface area contributed by atoms with Gasteiger partial charge in [0, 0.05) is 31.7 Å². The van der Waals surface area contributed by atoms with Gasteiger partial charge in [-0.25, -0.2) is 9.78 Å². The van der Waals surface area contributed by atoms with Crippen molar-refractivity contribution in [2.75, 3.05) is 25.5 Å². The summed E-state index contributed by atoms with van der Waals surface area (Å²) in [5, 5.41) is 8.64. The molecule has 1 heterocycles. The molecule has 0 unspecified atom stereocenters. The number of carbonyl (C=O) groups excluding carboxylic acids is 1. The highest BCUT2D eigenvalue weighted by atomic mass is 32.1. The predicted octanol–water partition coefficient (Wildman–Crippen LogP) is 2.56. The number of hydrogen-bond acceptors (Lipinski definition) is 4. The van der Waals surface area contributed by atoms with Gasteiger partial charge in [0.05, 0.1) is 17.2 Å². The number of benzene rings is 1. The summed E-state index contributed by atoms with van der Waals surface area (Å²) >= 11 is 1.59. The zero-order valence-corrected chi connectivity index (χ0v) is 14.0. The largest absolute Gasteiger partial charge is 0.378 e. The Labute approximate surface area is 135 Å². The van der Waals surface area contributed by atoms with Crippen molar-refractivity contribution in [1.82, 2.24) is 15.6 Å². The van der Waals surface area contributed by atoms with Gasteiger partial charge in [-0.1, -0.05) is 12.1 Å². The van der Waals surface area contributed by atoms with E-state index in [0.717, 1.165) is 17.1 Å². The van der Waals surface area contributed by atoms with Crippen LogP contribution >= 0.6 is 11.3 Å². The van der Waals surface area contributed by atoms with Crippen molar-refractivity contribution in [3.63, 3.8) is 0 Å². The van der Waals surface area contributed by atoms with Crippen LogP contribution in [-0.4, -0.2) is 31.7 Å². The minimum absolute atomic E-state index is 0.157. The molecule has 0 aliphatic carbocycles. The first-order valence-electron chi connectivity index (χ1n) is 7.23. The molecule has 0 radical (unpaired) electrons. The molecule has 0 fully saturated rings. The molecule has 2 N–H and O–H groups in total. The van der Waals surface area contributed by atoms with Crippen LogP contribution in [0, 0.1) is 6.92 Å². The van der Waals surface area contributed by atoms with Gasteiger partial charge in [0.2, 0.25) is 0 Å². The Hall–Kier alpha value is -2.08. The van der Waals surface area contributed by atoms with Gasteiger partial charge in [0.15, 0.2) is 0 Å². The van der Waals surface area contributed by atoms with Crippen molar-refractivity contribution in [2.45, 2.75) is 19.9 Å². The van der Waals surface area contributed by atoms with Crippen LogP contribution in [0.1, 0.15) is 16.3 Å². The van der Waals surface area contributed by atoms with Crippen LogP contribution in [0.5, 0.6) is 0 Å². The second kappa shape index (κ2) is 7.79. The maximum atomic E-state index is 11.7. The highest BCUT2D eigenvalue weighted by Gasteiger charge is 2.03. The number of anilines is 1. The van der Waals surface area contributed by atoms with E-state index in [-0.39, 0.29) is 6.03 Å². The molecule has 0 saturated carbocycles. The molecule has 5 nitrogen and oxygen atoms in total. The van der Waals surface area contributed by atoms with E-state index >= 15 is 0 Å². The zero-order chi connectivity index (χ0) is 15.9. The van der Waals surface area contributed by atoms with Gasteiger partial charge < -0.3 is 15.5 Å². The molecule has 118 valence electrons. The predicted molar refractivity (Wildman–Crippen MR) is 91.6 cm³/mol. The lowest BCUT2D eigenvalue weighted by molar-refractivity contribution is 0.240. The Bertz CT molecular complexity index is 607. The maximum Gasteiger partial charge on any atom is 0.315 e. The molecule has 2 amide bonds. The summed E-state index contributed by atoms with van der Waals surface area (Å²) in [6.07, 6.45) is 0.816. The number of nitrogens with one attached hydrogen (secondary N) is 2. The van der Waals surface area contributed by atoms with Gasteiger partial charge in [-0.15, -0.1) is 11.3 Å². The number of thiazole rings is 1. The van der Waals surface area contributed by atoms with E-state index in [9.17, 15) is 4.79 Å². The molecule has 0 aliphatic heterocycles. The Morgan fingerprint density at radius 2 is 1.95 bits per heavy atom. The fraction of sp³-hybridized carbons (Fsp3) is 0.375. The van der Waals surface area contributed by atoms with E-state index in [2.05, 4.69) is 44.8 Å². The third kappa shape index (κ3) is 5.04. The minimum Gasteiger partial charge on any atom is -0.378 e. The molecule has 2 aromatic rings. The minimum atomic E-state index is -0.157. The van der Waals surface area contributed by atoms with Crippen molar-refractivity contribution >= 4 is 23.1 Å². The molecular weight excluding hydrogens is 296 g/mol. The Morgan fingerprint density at radius 1 is 1.23 bits per heavy atom. The van der Waals surface area contributed by atoms with Gasteiger partial charge >= 0.3 is 6.03 Å². The lowest BCUT2D eigenvalue weighted by atomic mass is 10.1. The molecule has 0 atom stereocenters. The van der Waals surface area contributed by atoms with Crippen LogP contribution in [0.25, 0.3) is 0 Å². The molecule has 0 spiro atoms. The monoisotopic (exact) mass is 318 g/mol. The number of aryl methyl sites for hydroxylation is 1. The summed E-state index contributed by atoms with van der Waals surface area (Å²) in [7, 11) is 4.04. The van der Waals surface area contributed by atoms with Crippen LogP contribution in [0.4, 0.5) is 10.5 Å². The normalized spacial score (nSPS) is 10.3. The molecule has 22 heavy (non-hydrogen) atoms. The van der Waals surface area contributed by atoms with Crippen molar-refractivity contribution in [2.24, 2.45) is 0 Å². The van der Waals surface area contributed by atoms with E-state index in [1.807, 2.05) is 26.4 Å². The number of nitrogens with zero attached hydrogens (tertiary/aromatic N) is 2. The van der Waals surface area contributed by atoms with Gasteiger partial charge in [0.25, 0.3) is 0 Å². The molecule has 0 aliphatic rings. The van der Waals surface area contributed by atoms with Gasteiger partial charge in [0.1, 0.15) is 0 Å². The lowest BCUT2D eigenvalue weighted by Gasteiger charge is -2.12.